The van der Waals surface area contributed by atoms with Crippen molar-refractivity contribution in [3.8, 4) is 6.07 Å². The summed E-state index contributed by atoms with van der Waals surface area (Å²) in [6, 6.07) is 3.30. The molecule has 0 aromatic carbocycles. The number of nitriles is 1. The largest absolute Gasteiger partial charge is 0.438 e. The number of rotatable bonds is 21. The fraction of sp³-hybridized carbons (Fsp3) is 0.719. The molecule has 14 nitrogen and oxygen atoms in total. The maximum atomic E-state index is 13.5. The summed E-state index contributed by atoms with van der Waals surface area (Å²) in [4.78, 5) is 26.4. The Hall–Kier alpha value is -2.35. The Labute approximate surface area is 296 Å². The number of fused-ring (bicyclic) bond motifs is 1. The van der Waals surface area contributed by atoms with Crippen LogP contribution < -0.4 is 5.32 Å². The fourth-order valence-corrected chi connectivity index (χ4v) is 10.1. The lowest BCUT2D eigenvalue weighted by molar-refractivity contribution is -0.150. The molecule has 4 N–H and O–H groups in total. The van der Waals surface area contributed by atoms with E-state index in [4.69, 9.17) is 25.6 Å². The second-order valence-corrected chi connectivity index (χ2v) is 17.8. The summed E-state index contributed by atoms with van der Waals surface area (Å²) in [7, 11) is -9.23. The van der Waals surface area contributed by atoms with E-state index in [1.54, 1.807) is 6.07 Å². The van der Waals surface area contributed by atoms with Crippen LogP contribution in [0, 0.1) is 11.3 Å². The predicted molar refractivity (Wildman–Crippen MR) is 184 cm³/mol. The number of ether oxygens (including phenoxy) is 2. The van der Waals surface area contributed by atoms with Gasteiger partial charge in [-0.15, -0.1) is 0 Å². The molecular weight excluding hydrogens is 718 g/mol. The van der Waals surface area contributed by atoms with E-state index in [1.807, 2.05) is 6.07 Å². The fourth-order valence-electron chi connectivity index (χ4n) is 6.16. The molecule has 0 radical (unpaired) electrons. The zero-order valence-corrected chi connectivity index (χ0v) is 30.6. The van der Waals surface area contributed by atoms with Crippen molar-refractivity contribution in [2.75, 3.05) is 23.4 Å². The highest BCUT2D eigenvalue weighted by Crippen LogP contribution is 2.44. The highest BCUT2D eigenvalue weighted by Gasteiger charge is 2.47. The minimum Gasteiger partial charge on any atom is -0.438 e. The minimum absolute atomic E-state index is 0.0376. The van der Waals surface area contributed by atoms with Crippen molar-refractivity contribution >= 4 is 51.7 Å². The SMILES string of the molecule is CCCCCCCCCCCCC(=O)OCOP(=O)(O)CS(=O)(=O)C[C@H]1O[C@@H](n2ccc3c(N[C@H]4C[C@@H](F)C4)c(C#N)c(Cl)nc32)[C@H](O)[C@@H]1O. The monoisotopic (exact) mass is 764 g/mol. The lowest BCUT2D eigenvalue weighted by Crippen LogP contribution is -2.36. The van der Waals surface area contributed by atoms with Gasteiger partial charge in [-0.3, -0.25) is 13.9 Å². The van der Waals surface area contributed by atoms with Gasteiger partial charge in [-0.25, -0.2) is 17.8 Å². The molecule has 1 aliphatic heterocycles. The van der Waals surface area contributed by atoms with Gasteiger partial charge < -0.3 is 34.5 Å². The number of unbranched alkanes of at least 4 members (excludes halogenated alkanes) is 9. The predicted octanol–water partition coefficient (Wildman–Crippen LogP) is 5.48. The summed E-state index contributed by atoms with van der Waals surface area (Å²) in [5, 5.41) is 34.5. The molecule has 2 aromatic rings. The second kappa shape index (κ2) is 18.4. The first-order chi connectivity index (χ1) is 23.7. The Balaban J connectivity index is 1.26. The summed E-state index contributed by atoms with van der Waals surface area (Å²) in [5.74, 6) is -1.58. The zero-order chi connectivity index (χ0) is 36.5. The van der Waals surface area contributed by atoms with Crippen LogP contribution >= 0.6 is 19.2 Å². The van der Waals surface area contributed by atoms with Crippen molar-refractivity contribution in [3.05, 3.63) is 23.0 Å². The Bertz CT molecular complexity index is 1650. The maximum Gasteiger partial charge on any atom is 0.346 e. The van der Waals surface area contributed by atoms with Crippen LogP contribution in [0.4, 0.5) is 10.1 Å². The third kappa shape index (κ3) is 11.1. The van der Waals surface area contributed by atoms with Gasteiger partial charge in [0, 0.05) is 24.0 Å². The quantitative estimate of drug-likeness (QED) is 0.0409. The van der Waals surface area contributed by atoms with Crippen molar-refractivity contribution in [2.24, 2.45) is 0 Å². The van der Waals surface area contributed by atoms with E-state index < -0.39 is 72.2 Å². The molecule has 1 unspecified atom stereocenters. The third-order valence-electron chi connectivity index (χ3n) is 8.96. The molecule has 1 saturated carbocycles. The first-order valence-corrected chi connectivity index (χ1v) is 21.1. The van der Waals surface area contributed by atoms with Crippen LogP contribution in [-0.2, 0) is 33.2 Å². The van der Waals surface area contributed by atoms with Gasteiger partial charge in [0.05, 0.1) is 11.4 Å². The van der Waals surface area contributed by atoms with E-state index in [9.17, 15) is 42.5 Å². The highest BCUT2D eigenvalue weighted by molar-refractivity contribution is 7.97. The number of nitrogens with one attached hydrogen (secondary N) is 1. The van der Waals surface area contributed by atoms with Crippen LogP contribution in [0.1, 0.15) is 102 Å². The number of aromatic nitrogens is 2. The second-order valence-electron chi connectivity index (χ2n) is 13.1. The van der Waals surface area contributed by atoms with E-state index in [1.165, 1.54) is 42.9 Å². The molecule has 0 bridgehead atoms. The van der Waals surface area contributed by atoms with Gasteiger partial charge in [0.1, 0.15) is 41.8 Å². The number of aliphatic hydroxyl groups is 2. The van der Waals surface area contributed by atoms with Crippen LogP contribution in [0.15, 0.2) is 12.3 Å². The molecule has 4 rings (SSSR count). The van der Waals surface area contributed by atoms with E-state index in [-0.39, 0.29) is 41.7 Å². The Kier molecular flexibility index (Phi) is 14.9. The van der Waals surface area contributed by atoms with Crippen molar-refractivity contribution in [2.45, 2.75) is 127 Å². The van der Waals surface area contributed by atoms with Gasteiger partial charge in [-0.2, -0.15) is 5.26 Å². The van der Waals surface area contributed by atoms with Gasteiger partial charge in [-0.1, -0.05) is 76.3 Å². The van der Waals surface area contributed by atoms with Crippen molar-refractivity contribution < 1.29 is 51.3 Å². The smallest absolute Gasteiger partial charge is 0.346 e. The molecule has 2 fully saturated rings. The number of aliphatic hydroxyl groups excluding tert-OH is 2. The molecule has 3 heterocycles. The Morgan fingerprint density at radius 2 is 1.80 bits per heavy atom. The number of nitrogens with zero attached hydrogens (tertiary/aromatic N) is 3. The van der Waals surface area contributed by atoms with Crippen LogP contribution in [0.3, 0.4) is 0 Å². The summed E-state index contributed by atoms with van der Waals surface area (Å²) in [6.07, 6.45) is 5.74. The molecule has 2 aliphatic rings. The lowest BCUT2D eigenvalue weighted by atomic mass is 9.90. The highest BCUT2D eigenvalue weighted by atomic mass is 35.5. The van der Waals surface area contributed by atoms with Crippen LogP contribution in [0.2, 0.25) is 5.15 Å². The third-order valence-corrected chi connectivity index (χ3v) is 13.5. The number of halogens is 2. The number of carbonyl (C=O) groups excluding carboxylic acids is 1. The number of hydrogen-bond donors (Lipinski definition) is 4. The van der Waals surface area contributed by atoms with Gasteiger partial charge in [0.25, 0.3) is 0 Å². The van der Waals surface area contributed by atoms with Crippen LogP contribution in [0.5, 0.6) is 0 Å². The number of pyridine rings is 1. The lowest BCUT2D eigenvalue weighted by Gasteiger charge is -2.31. The zero-order valence-electron chi connectivity index (χ0n) is 28.1. The Morgan fingerprint density at radius 3 is 2.42 bits per heavy atom. The molecular formula is C32H47ClFN4O10PS. The normalized spacial score (nSPS) is 24.8. The summed E-state index contributed by atoms with van der Waals surface area (Å²) >= 11 is 6.29. The number of hydrogen-bond acceptors (Lipinski definition) is 12. The van der Waals surface area contributed by atoms with E-state index >= 15 is 0 Å². The van der Waals surface area contributed by atoms with E-state index in [0.29, 0.717) is 17.5 Å². The number of carbonyl (C=O) groups is 1. The molecule has 18 heteroatoms. The van der Waals surface area contributed by atoms with E-state index in [2.05, 4.69) is 17.2 Å². The van der Waals surface area contributed by atoms with E-state index in [0.717, 1.165) is 25.7 Å². The molecule has 1 aliphatic carbocycles. The maximum absolute atomic E-state index is 13.5. The van der Waals surface area contributed by atoms with Crippen molar-refractivity contribution in [1.29, 1.82) is 5.26 Å². The van der Waals surface area contributed by atoms with Crippen molar-refractivity contribution in [1.82, 2.24) is 9.55 Å². The molecule has 50 heavy (non-hydrogen) atoms. The minimum atomic E-state index is -4.80. The summed E-state index contributed by atoms with van der Waals surface area (Å²) in [6.45, 7) is 1.28. The summed E-state index contributed by atoms with van der Waals surface area (Å²) < 4.78 is 68.4. The standard InChI is InChI=1S/C32H47ClFN4O10PS/c1-2-3-4-5-6-7-8-9-10-11-12-26(39)46-19-47-49(42,43)20-50(44,45)18-25-28(40)29(41)32(48-25)38-14-13-23-27(36-22-15-21(34)16-22)24(17-35)30(33)37-31(23)38/h13-14,21-22,25,28-29,32,40-41H,2-12,15-16,18-20H2,1H3,(H,36,37)(H,42,43)/t21-,22+,25-,28-,29-,32-/m1/s1. The van der Waals surface area contributed by atoms with Crippen LogP contribution in [-0.4, -0.2) is 87.6 Å². The topological polar surface area (TPSA) is 210 Å². The number of sulfone groups is 1. The first-order valence-electron chi connectivity index (χ1n) is 17.1. The van der Waals surface area contributed by atoms with Crippen LogP contribution in [0.25, 0.3) is 11.0 Å². The molecule has 2 aromatic heterocycles. The van der Waals surface area contributed by atoms with Crippen molar-refractivity contribution in [3.63, 3.8) is 0 Å². The van der Waals surface area contributed by atoms with Gasteiger partial charge in [-0.05, 0) is 25.3 Å². The first kappa shape index (κ1) is 40.4. The Morgan fingerprint density at radius 1 is 1.16 bits per heavy atom. The number of anilines is 1. The average Bonchev–Trinajstić information content (AvgIpc) is 3.56. The summed E-state index contributed by atoms with van der Waals surface area (Å²) in [5.41, 5.74) is -0.854. The molecule has 1 saturated heterocycles. The molecule has 5 atom stereocenters. The number of esters is 1. The van der Waals surface area contributed by atoms with Gasteiger partial charge in [0.2, 0.25) is 6.79 Å². The molecule has 0 amide bonds. The molecule has 0 spiro atoms. The van der Waals surface area contributed by atoms with Gasteiger partial charge in [0.15, 0.2) is 26.7 Å². The average molecular weight is 765 g/mol. The number of alkyl halides is 1. The van der Waals surface area contributed by atoms with Gasteiger partial charge >= 0.3 is 13.6 Å². The molecule has 280 valence electrons.